The van der Waals surface area contributed by atoms with E-state index in [-0.39, 0.29) is 24.6 Å². The summed E-state index contributed by atoms with van der Waals surface area (Å²) < 4.78 is 44.8. The molecule has 34 heavy (non-hydrogen) atoms. The van der Waals surface area contributed by atoms with Crippen LogP contribution in [0.5, 0.6) is 17.2 Å². The number of ether oxygens (including phenoxy) is 3. The van der Waals surface area contributed by atoms with E-state index >= 15 is 0 Å². The van der Waals surface area contributed by atoms with Crippen molar-refractivity contribution in [3.05, 3.63) is 78.4 Å². The second kappa shape index (κ2) is 10.0. The number of hydrogen-bond acceptors (Lipinski definition) is 6. The highest BCUT2D eigenvalue weighted by molar-refractivity contribution is 7.92. The Labute approximate surface area is 199 Å². The Balaban J connectivity index is 1.51. The lowest BCUT2D eigenvalue weighted by Gasteiger charge is -2.35. The smallest absolute Gasteiger partial charge is 0.264 e. The van der Waals surface area contributed by atoms with Crippen molar-refractivity contribution in [1.29, 1.82) is 0 Å². The van der Waals surface area contributed by atoms with Crippen LogP contribution in [0.2, 0.25) is 0 Å². The molecule has 0 fully saturated rings. The molecule has 9 heteroatoms. The molecular formula is C25H26N2O6S. The standard InChI is InChI=1S/C25H26N2O6S/c1-18-8-13-22-23(16-18)33-24(25(28)26-14-15-32-20-6-4-3-5-7-20)17-27(22)34(29,30)21-11-9-19(31-2)10-12-21/h3-13,16,24H,14-15,17H2,1-2H3,(H,26,28). The highest BCUT2D eigenvalue weighted by atomic mass is 32.2. The van der Waals surface area contributed by atoms with Crippen LogP contribution in [0, 0.1) is 6.92 Å². The zero-order valence-corrected chi connectivity index (χ0v) is 19.7. The SMILES string of the molecule is COc1ccc(S(=O)(=O)N2CC(C(=O)NCCOc3ccccc3)Oc3cc(C)ccc32)cc1. The molecule has 1 heterocycles. The van der Waals surface area contributed by atoms with Gasteiger partial charge in [0.15, 0.2) is 6.10 Å². The minimum atomic E-state index is -3.95. The van der Waals surface area contributed by atoms with Gasteiger partial charge in [0.1, 0.15) is 23.9 Å². The Morgan fingerprint density at radius 3 is 2.50 bits per heavy atom. The summed E-state index contributed by atoms with van der Waals surface area (Å²) >= 11 is 0. The lowest BCUT2D eigenvalue weighted by atomic mass is 10.1. The number of carbonyl (C=O) groups is 1. The molecule has 1 atom stereocenters. The number of nitrogens with one attached hydrogen (secondary N) is 1. The number of nitrogens with zero attached hydrogens (tertiary/aromatic N) is 1. The molecule has 0 aliphatic carbocycles. The molecule has 178 valence electrons. The van der Waals surface area contributed by atoms with Crippen molar-refractivity contribution in [3.63, 3.8) is 0 Å². The van der Waals surface area contributed by atoms with Crippen LogP contribution < -0.4 is 23.8 Å². The molecule has 1 unspecified atom stereocenters. The molecule has 0 spiro atoms. The molecule has 3 aromatic carbocycles. The van der Waals surface area contributed by atoms with Crippen molar-refractivity contribution in [2.75, 3.05) is 31.1 Å². The summed E-state index contributed by atoms with van der Waals surface area (Å²) in [4.78, 5) is 13.0. The van der Waals surface area contributed by atoms with E-state index in [4.69, 9.17) is 14.2 Å². The van der Waals surface area contributed by atoms with Gasteiger partial charge in [0.05, 0.1) is 30.8 Å². The molecule has 4 rings (SSSR count). The fraction of sp³-hybridized carbons (Fsp3) is 0.240. The predicted octanol–water partition coefficient (Wildman–Crippen LogP) is 3.16. The lowest BCUT2D eigenvalue weighted by Crippen LogP contribution is -2.51. The van der Waals surface area contributed by atoms with Gasteiger partial charge in [0, 0.05) is 0 Å². The third-order valence-electron chi connectivity index (χ3n) is 5.34. The summed E-state index contributed by atoms with van der Waals surface area (Å²) in [5.74, 6) is 1.17. The number of sulfonamides is 1. The largest absolute Gasteiger partial charge is 0.497 e. The summed E-state index contributed by atoms with van der Waals surface area (Å²) in [5, 5.41) is 2.77. The Morgan fingerprint density at radius 1 is 1.06 bits per heavy atom. The third kappa shape index (κ3) is 5.09. The fourth-order valence-electron chi connectivity index (χ4n) is 3.57. The minimum Gasteiger partial charge on any atom is -0.497 e. The Bertz CT molecular complexity index is 1250. The predicted molar refractivity (Wildman–Crippen MR) is 128 cm³/mol. The molecule has 1 amide bonds. The second-order valence-corrected chi connectivity index (χ2v) is 9.60. The van der Waals surface area contributed by atoms with Gasteiger partial charge in [-0.05, 0) is 61.0 Å². The van der Waals surface area contributed by atoms with Gasteiger partial charge >= 0.3 is 0 Å². The number of carbonyl (C=O) groups excluding carboxylic acids is 1. The maximum atomic E-state index is 13.5. The van der Waals surface area contributed by atoms with E-state index in [2.05, 4.69) is 5.32 Å². The van der Waals surface area contributed by atoms with Crippen LogP contribution in [0.4, 0.5) is 5.69 Å². The molecule has 1 aliphatic heterocycles. The molecule has 0 aromatic heterocycles. The number of fused-ring (bicyclic) bond motifs is 1. The number of methoxy groups -OCH3 is 1. The number of amides is 1. The first-order valence-corrected chi connectivity index (χ1v) is 12.2. The van der Waals surface area contributed by atoms with Crippen molar-refractivity contribution in [3.8, 4) is 17.2 Å². The van der Waals surface area contributed by atoms with Crippen LogP contribution in [0.15, 0.2) is 77.7 Å². The molecule has 8 nitrogen and oxygen atoms in total. The van der Waals surface area contributed by atoms with Crippen LogP contribution in [0.1, 0.15) is 5.56 Å². The van der Waals surface area contributed by atoms with Crippen LogP contribution in [-0.2, 0) is 14.8 Å². The number of hydrogen-bond donors (Lipinski definition) is 1. The average molecular weight is 483 g/mol. The highest BCUT2D eigenvalue weighted by Gasteiger charge is 2.37. The maximum absolute atomic E-state index is 13.5. The van der Waals surface area contributed by atoms with Crippen molar-refractivity contribution in [2.24, 2.45) is 0 Å². The Morgan fingerprint density at radius 2 is 1.79 bits per heavy atom. The van der Waals surface area contributed by atoms with E-state index < -0.39 is 22.0 Å². The zero-order valence-electron chi connectivity index (χ0n) is 18.9. The van der Waals surface area contributed by atoms with E-state index in [1.54, 1.807) is 30.3 Å². The summed E-state index contributed by atoms with van der Waals surface area (Å²) in [5.41, 5.74) is 1.27. The van der Waals surface area contributed by atoms with Gasteiger partial charge < -0.3 is 19.5 Å². The van der Waals surface area contributed by atoms with Gasteiger partial charge in [-0.3, -0.25) is 9.10 Å². The Kier molecular flexibility index (Phi) is 6.93. The average Bonchev–Trinajstić information content (AvgIpc) is 2.86. The first-order chi connectivity index (χ1) is 16.4. The highest BCUT2D eigenvalue weighted by Crippen LogP contribution is 2.38. The van der Waals surface area contributed by atoms with Crippen LogP contribution >= 0.6 is 0 Å². The quantitative estimate of drug-likeness (QED) is 0.496. The number of anilines is 1. The monoisotopic (exact) mass is 482 g/mol. The first-order valence-electron chi connectivity index (χ1n) is 10.8. The molecule has 0 saturated heterocycles. The van der Waals surface area contributed by atoms with Crippen molar-refractivity contribution >= 4 is 21.6 Å². The van der Waals surface area contributed by atoms with E-state index in [1.807, 2.05) is 37.3 Å². The molecule has 0 bridgehead atoms. The van der Waals surface area contributed by atoms with Gasteiger partial charge in [0.25, 0.3) is 15.9 Å². The number of para-hydroxylation sites is 1. The van der Waals surface area contributed by atoms with Crippen molar-refractivity contribution in [2.45, 2.75) is 17.9 Å². The van der Waals surface area contributed by atoms with E-state index in [0.29, 0.717) is 22.9 Å². The number of aryl methyl sites for hydroxylation is 1. The van der Waals surface area contributed by atoms with Crippen LogP contribution in [0.25, 0.3) is 0 Å². The van der Waals surface area contributed by atoms with Gasteiger partial charge in [-0.2, -0.15) is 0 Å². The lowest BCUT2D eigenvalue weighted by molar-refractivity contribution is -0.127. The van der Waals surface area contributed by atoms with E-state index in [1.165, 1.54) is 23.5 Å². The van der Waals surface area contributed by atoms with Crippen molar-refractivity contribution < 1.29 is 27.4 Å². The maximum Gasteiger partial charge on any atom is 0.264 e. The topological polar surface area (TPSA) is 94.2 Å². The van der Waals surface area contributed by atoms with E-state index in [9.17, 15) is 13.2 Å². The molecule has 3 aromatic rings. The fourth-order valence-corrected chi connectivity index (χ4v) is 5.05. The second-order valence-electron chi connectivity index (χ2n) is 7.74. The van der Waals surface area contributed by atoms with Crippen LogP contribution in [-0.4, -0.2) is 47.2 Å². The first kappa shape index (κ1) is 23.4. The Hall–Kier alpha value is -3.72. The summed E-state index contributed by atoms with van der Waals surface area (Å²) in [6, 6.07) is 20.6. The van der Waals surface area contributed by atoms with Gasteiger partial charge in [-0.25, -0.2) is 8.42 Å². The molecule has 1 N–H and O–H groups in total. The molecule has 1 aliphatic rings. The number of benzene rings is 3. The van der Waals surface area contributed by atoms with E-state index in [0.717, 1.165) is 5.56 Å². The minimum absolute atomic E-state index is 0.0946. The zero-order chi connectivity index (χ0) is 24.1. The summed E-state index contributed by atoms with van der Waals surface area (Å²) in [7, 11) is -2.44. The van der Waals surface area contributed by atoms with Gasteiger partial charge in [-0.15, -0.1) is 0 Å². The van der Waals surface area contributed by atoms with Crippen LogP contribution in [0.3, 0.4) is 0 Å². The molecule has 0 saturated carbocycles. The molecular weight excluding hydrogens is 456 g/mol. The summed E-state index contributed by atoms with van der Waals surface area (Å²) in [6.07, 6.45) is -1.01. The number of rotatable bonds is 8. The third-order valence-corrected chi connectivity index (χ3v) is 7.13. The summed E-state index contributed by atoms with van der Waals surface area (Å²) in [6.45, 7) is 2.23. The van der Waals surface area contributed by atoms with Crippen molar-refractivity contribution in [1.82, 2.24) is 5.32 Å². The molecule has 0 radical (unpaired) electrons. The van der Waals surface area contributed by atoms with Gasteiger partial charge in [0.2, 0.25) is 0 Å². The van der Waals surface area contributed by atoms with Gasteiger partial charge in [-0.1, -0.05) is 24.3 Å². The normalized spacial score (nSPS) is 15.1.